The monoisotopic (exact) mass is 330 g/mol. The SMILES string of the molecule is CC(C)C1N=C(c2ccccc2F)c2ccc(Cl)cc2NC1=O. The van der Waals surface area contributed by atoms with E-state index in [0.717, 1.165) is 0 Å². The van der Waals surface area contributed by atoms with Gasteiger partial charge >= 0.3 is 0 Å². The Morgan fingerprint density at radius 2 is 1.91 bits per heavy atom. The fourth-order valence-corrected chi connectivity index (χ4v) is 2.79. The number of fused-ring (bicyclic) bond motifs is 1. The molecule has 1 unspecified atom stereocenters. The van der Waals surface area contributed by atoms with E-state index in [1.807, 2.05) is 13.8 Å². The molecule has 1 heterocycles. The Labute approximate surface area is 139 Å². The van der Waals surface area contributed by atoms with E-state index in [2.05, 4.69) is 10.3 Å². The number of carbonyl (C=O) groups excluding carboxylic acids is 1. The number of nitrogens with zero attached hydrogens (tertiary/aromatic N) is 1. The van der Waals surface area contributed by atoms with E-state index in [-0.39, 0.29) is 17.6 Å². The van der Waals surface area contributed by atoms with Gasteiger partial charge in [0.15, 0.2) is 0 Å². The number of carbonyl (C=O) groups is 1. The molecular weight excluding hydrogens is 315 g/mol. The largest absolute Gasteiger partial charge is 0.324 e. The molecule has 0 saturated carbocycles. The number of halogens is 2. The fourth-order valence-electron chi connectivity index (χ4n) is 2.62. The van der Waals surface area contributed by atoms with E-state index in [4.69, 9.17) is 11.6 Å². The van der Waals surface area contributed by atoms with Gasteiger partial charge in [0.05, 0.1) is 11.4 Å². The summed E-state index contributed by atoms with van der Waals surface area (Å²) in [7, 11) is 0. The van der Waals surface area contributed by atoms with Gasteiger partial charge < -0.3 is 5.32 Å². The molecule has 0 radical (unpaired) electrons. The lowest BCUT2D eigenvalue weighted by Crippen LogP contribution is -2.30. The molecule has 3 rings (SSSR count). The minimum Gasteiger partial charge on any atom is -0.324 e. The number of benzodiazepines with no additional fused rings is 1. The Kier molecular flexibility index (Phi) is 4.18. The highest BCUT2D eigenvalue weighted by molar-refractivity contribution is 6.31. The van der Waals surface area contributed by atoms with E-state index in [1.54, 1.807) is 36.4 Å². The highest BCUT2D eigenvalue weighted by atomic mass is 35.5. The molecule has 0 aromatic heterocycles. The maximum Gasteiger partial charge on any atom is 0.249 e. The average molecular weight is 331 g/mol. The van der Waals surface area contributed by atoms with Crippen LogP contribution in [0.1, 0.15) is 25.0 Å². The highest BCUT2D eigenvalue weighted by Gasteiger charge is 2.28. The van der Waals surface area contributed by atoms with Crippen LogP contribution in [0.2, 0.25) is 5.02 Å². The molecule has 3 nitrogen and oxygen atoms in total. The third-order valence-electron chi connectivity index (χ3n) is 3.79. The molecule has 1 N–H and O–H groups in total. The summed E-state index contributed by atoms with van der Waals surface area (Å²) in [6.45, 7) is 3.82. The van der Waals surface area contributed by atoms with Crippen molar-refractivity contribution >= 4 is 28.9 Å². The third-order valence-corrected chi connectivity index (χ3v) is 4.03. The summed E-state index contributed by atoms with van der Waals surface area (Å²) in [5.74, 6) is -0.597. The normalized spacial score (nSPS) is 17.3. The maximum atomic E-state index is 14.3. The standard InChI is InChI=1S/C18H16ClFN2O/c1-10(2)16-18(23)21-15-9-11(19)7-8-13(15)17(22-16)12-5-3-4-6-14(12)20/h3-10,16H,1-2H3,(H,21,23). The van der Waals surface area contributed by atoms with Crippen LogP contribution < -0.4 is 5.32 Å². The second-order valence-corrected chi connectivity index (χ2v) is 6.26. The Hall–Kier alpha value is -2.20. The molecule has 0 aliphatic carbocycles. The summed E-state index contributed by atoms with van der Waals surface area (Å²) < 4.78 is 14.3. The zero-order valence-corrected chi connectivity index (χ0v) is 13.6. The minimum atomic E-state index is -0.587. The number of anilines is 1. The number of aliphatic imine (C=N–C) groups is 1. The zero-order valence-electron chi connectivity index (χ0n) is 12.8. The van der Waals surface area contributed by atoms with Crippen LogP contribution >= 0.6 is 11.6 Å². The van der Waals surface area contributed by atoms with Crippen molar-refractivity contribution in [3.63, 3.8) is 0 Å². The predicted molar refractivity (Wildman–Crippen MR) is 90.7 cm³/mol. The van der Waals surface area contributed by atoms with Gasteiger partial charge in [-0.3, -0.25) is 9.79 Å². The van der Waals surface area contributed by atoms with E-state index in [1.165, 1.54) is 6.07 Å². The summed E-state index contributed by atoms with van der Waals surface area (Å²) >= 11 is 6.04. The van der Waals surface area contributed by atoms with Crippen molar-refractivity contribution in [3.05, 3.63) is 64.4 Å². The molecule has 0 saturated heterocycles. The van der Waals surface area contributed by atoms with E-state index in [0.29, 0.717) is 27.5 Å². The molecule has 5 heteroatoms. The summed E-state index contributed by atoms with van der Waals surface area (Å²) in [5.41, 5.74) is 2.05. The first-order valence-corrected chi connectivity index (χ1v) is 7.78. The topological polar surface area (TPSA) is 41.5 Å². The number of rotatable bonds is 2. The molecule has 1 aliphatic heterocycles. The van der Waals surface area contributed by atoms with Crippen molar-refractivity contribution in [2.75, 3.05) is 5.32 Å². The first-order valence-electron chi connectivity index (χ1n) is 7.41. The molecule has 0 bridgehead atoms. The van der Waals surface area contributed by atoms with Crippen LogP contribution in [0.4, 0.5) is 10.1 Å². The predicted octanol–water partition coefficient (Wildman–Crippen LogP) is 4.29. The fraction of sp³-hybridized carbons (Fsp3) is 0.222. The van der Waals surface area contributed by atoms with E-state index in [9.17, 15) is 9.18 Å². The molecule has 1 atom stereocenters. The van der Waals surface area contributed by atoms with Crippen LogP contribution in [0.15, 0.2) is 47.5 Å². The van der Waals surface area contributed by atoms with Crippen molar-refractivity contribution in [2.24, 2.45) is 10.9 Å². The molecule has 1 amide bonds. The van der Waals surface area contributed by atoms with Crippen LogP contribution in [-0.2, 0) is 4.79 Å². The van der Waals surface area contributed by atoms with E-state index < -0.39 is 6.04 Å². The van der Waals surface area contributed by atoms with Crippen molar-refractivity contribution < 1.29 is 9.18 Å². The zero-order chi connectivity index (χ0) is 16.6. The molecule has 0 fully saturated rings. The van der Waals surface area contributed by atoms with Crippen LogP contribution in [0.3, 0.4) is 0 Å². The lowest BCUT2D eigenvalue weighted by molar-refractivity contribution is -0.118. The minimum absolute atomic E-state index is 0.0124. The average Bonchev–Trinajstić information content (AvgIpc) is 2.63. The molecule has 0 spiro atoms. The molecule has 23 heavy (non-hydrogen) atoms. The first-order chi connectivity index (χ1) is 11.0. The van der Waals surface area contributed by atoms with Gasteiger partial charge in [0.1, 0.15) is 11.9 Å². The Bertz CT molecular complexity index is 801. The second-order valence-electron chi connectivity index (χ2n) is 5.83. The number of nitrogens with one attached hydrogen (secondary N) is 1. The molecule has 1 aliphatic rings. The summed E-state index contributed by atoms with van der Waals surface area (Å²) in [6, 6.07) is 11.0. The number of hydrogen-bond acceptors (Lipinski definition) is 2. The van der Waals surface area contributed by atoms with E-state index >= 15 is 0 Å². The molecule has 118 valence electrons. The summed E-state index contributed by atoms with van der Waals surface area (Å²) in [5, 5.41) is 3.35. The lowest BCUT2D eigenvalue weighted by Gasteiger charge is -2.14. The van der Waals surface area contributed by atoms with Crippen LogP contribution in [0.5, 0.6) is 0 Å². The van der Waals surface area contributed by atoms with Gasteiger partial charge in [0.25, 0.3) is 0 Å². The van der Waals surface area contributed by atoms with Gasteiger partial charge in [-0.1, -0.05) is 37.6 Å². The van der Waals surface area contributed by atoms with Gasteiger partial charge in [-0.05, 0) is 36.2 Å². The van der Waals surface area contributed by atoms with Gasteiger partial charge in [-0.15, -0.1) is 0 Å². The molecular formula is C18H16ClFN2O. The van der Waals surface area contributed by atoms with Crippen molar-refractivity contribution in [3.8, 4) is 0 Å². The first kappa shape index (κ1) is 15.7. The Morgan fingerprint density at radius 3 is 2.61 bits per heavy atom. The van der Waals surface area contributed by atoms with Gasteiger partial charge in [0.2, 0.25) is 5.91 Å². The van der Waals surface area contributed by atoms with Crippen molar-refractivity contribution in [1.82, 2.24) is 0 Å². The number of benzene rings is 2. The quantitative estimate of drug-likeness (QED) is 0.876. The highest BCUT2D eigenvalue weighted by Crippen LogP contribution is 2.29. The van der Waals surface area contributed by atoms with Crippen LogP contribution in [0.25, 0.3) is 0 Å². The summed E-state index contributed by atoms with van der Waals surface area (Å²) in [6.07, 6.45) is 0. The second kappa shape index (κ2) is 6.13. The van der Waals surface area contributed by atoms with Gasteiger partial charge in [-0.25, -0.2) is 4.39 Å². The molecule has 2 aromatic rings. The number of amides is 1. The smallest absolute Gasteiger partial charge is 0.249 e. The lowest BCUT2D eigenvalue weighted by atomic mass is 9.99. The summed E-state index contributed by atoms with van der Waals surface area (Å²) in [4.78, 5) is 17.0. The third kappa shape index (κ3) is 2.99. The van der Waals surface area contributed by atoms with Crippen LogP contribution in [-0.4, -0.2) is 17.7 Å². The Morgan fingerprint density at radius 1 is 1.17 bits per heavy atom. The number of hydrogen-bond donors (Lipinski definition) is 1. The Balaban J connectivity index is 2.26. The van der Waals surface area contributed by atoms with Crippen LogP contribution in [0, 0.1) is 11.7 Å². The maximum absolute atomic E-state index is 14.3. The van der Waals surface area contributed by atoms with Gasteiger partial charge in [-0.2, -0.15) is 0 Å². The van der Waals surface area contributed by atoms with Gasteiger partial charge in [0, 0.05) is 16.1 Å². The van der Waals surface area contributed by atoms with Crippen molar-refractivity contribution in [1.29, 1.82) is 0 Å². The van der Waals surface area contributed by atoms with Crippen molar-refractivity contribution in [2.45, 2.75) is 19.9 Å². The molecule has 2 aromatic carbocycles.